The van der Waals surface area contributed by atoms with E-state index >= 15 is 0 Å². The minimum absolute atomic E-state index is 0.0296. The van der Waals surface area contributed by atoms with E-state index in [2.05, 4.69) is 29.6 Å². The van der Waals surface area contributed by atoms with Gasteiger partial charge in [-0.3, -0.25) is 0 Å². The third-order valence-electron chi connectivity index (χ3n) is 7.13. The van der Waals surface area contributed by atoms with Gasteiger partial charge in [0, 0.05) is 5.92 Å². The predicted molar refractivity (Wildman–Crippen MR) is 109 cm³/mol. The lowest BCUT2D eigenvalue weighted by Gasteiger charge is -2.50. The Bertz CT molecular complexity index is 913. The normalized spacial score (nSPS) is 25.3. The maximum atomic E-state index is 12.5. The lowest BCUT2D eigenvalue weighted by atomic mass is 9.58. The molecule has 0 aliphatic heterocycles. The molecule has 150 valence electrons. The van der Waals surface area contributed by atoms with Crippen LogP contribution in [0.5, 0.6) is 0 Å². The van der Waals surface area contributed by atoms with Gasteiger partial charge in [-0.05, 0) is 46.9 Å². The average molecular weight is 391 g/mol. The highest BCUT2D eigenvalue weighted by atomic mass is 16.5. The molecule has 5 nitrogen and oxygen atoms in total. The Hall–Kier alpha value is -2.82. The lowest BCUT2D eigenvalue weighted by Crippen LogP contribution is -2.64. The summed E-state index contributed by atoms with van der Waals surface area (Å²) in [5, 5.41) is 12.4. The van der Waals surface area contributed by atoms with Gasteiger partial charge in [-0.25, -0.2) is 9.59 Å². The third-order valence-corrected chi connectivity index (χ3v) is 7.13. The van der Waals surface area contributed by atoms with Crippen molar-refractivity contribution in [1.29, 1.82) is 0 Å². The third kappa shape index (κ3) is 3.00. The number of rotatable bonds is 5. The van der Waals surface area contributed by atoms with Crippen LogP contribution in [0.25, 0.3) is 11.1 Å². The Morgan fingerprint density at radius 2 is 1.55 bits per heavy atom. The number of carboxylic acid groups (broad SMARTS) is 1. The first-order valence-electron chi connectivity index (χ1n) is 10.4. The number of amides is 1. The van der Waals surface area contributed by atoms with Crippen LogP contribution in [-0.4, -0.2) is 29.3 Å². The maximum absolute atomic E-state index is 12.5. The van der Waals surface area contributed by atoms with E-state index in [1.165, 1.54) is 30.4 Å². The summed E-state index contributed by atoms with van der Waals surface area (Å²) >= 11 is 0. The van der Waals surface area contributed by atoms with Gasteiger partial charge in [0.25, 0.3) is 0 Å². The van der Waals surface area contributed by atoms with Crippen LogP contribution in [0, 0.1) is 11.8 Å². The van der Waals surface area contributed by atoms with E-state index in [9.17, 15) is 14.7 Å². The molecule has 3 aliphatic rings. The van der Waals surface area contributed by atoms with Gasteiger partial charge >= 0.3 is 12.1 Å². The van der Waals surface area contributed by atoms with Gasteiger partial charge in [-0.1, -0.05) is 67.8 Å². The Balaban J connectivity index is 1.26. The highest BCUT2D eigenvalue weighted by molar-refractivity contribution is 5.85. The van der Waals surface area contributed by atoms with Crippen molar-refractivity contribution in [3.63, 3.8) is 0 Å². The lowest BCUT2D eigenvalue weighted by molar-refractivity contribution is -0.153. The first-order valence-corrected chi connectivity index (χ1v) is 10.4. The van der Waals surface area contributed by atoms with Crippen molar-refractivity contribution in [2.45, 2.75) is 43.6 Å². The van der Waals surface area contributed by atoms with Crippen molar-refractivity contribution < 1.29 is 19.4 Å². The zero-order chi connectivity index (χ0) is 20.0. The summed E-state index contributed by atoms with van der Waals surface area (Å²) in [5.74, 6) is 0.0557. The molecule has 2 aromatic carbocycles. The smallest absolute Gasteiger partial charge is 0.408 e. The summed E-state index contributed by atoms with van der Waals surface area (Å²) in [6.45, 7) is 0.196. The highest BCUT2D eigenvalue weighted by Crippen LogP contribution is 2.49. The summed E-state index contributed by atoms with van der Waals surface area (Å²) in [6.07, 6.45) is 3.99. The number of ether oxygens (including phenoxy) is 1. The van der Waals surface area contributed by atoms with Gasteiger partial charge < -0.3 is 15.2 Å². The van der Waals surface area contributed by atoms with Gasteiger partial charge in [-0.15, -0.1) is 0 Å². The monoisotopic (exact) mass is 391 g/mol. The van der Waals surface area contributed by atoms with Gasteiger partial charge in [0.2, 0.25) is 0 Å². The van der Waals surface area contributed by atoms with E-state index < -0.39 is 17.6 Å². The van der Waals surface area contributed by atoms with E-state index in [4.69, 9.17) is 4.74 Å². The molecule has 0 radical (unpaired) electrons. The second-order valence-corrected chi connectivity index (χ2v) is 8.70. The molecule has 0 aromatic heterocycles. The molecule has 5 rings (SSSR count). The van der Waals surface area contributed by atoms with E-state index in [-0.39, 0.29) is 12.5 Å². The van der Waals surface area contributed by atoms with Crippen molar-refractivity contribution >= 4 is 12.1 Å². The Labute approximate surface area is 170 Å². The van der Waals surface area contributed by atoms with Gasteiger partial charge in [0.15, 0.2) is 0 Å². The highest BCUT2D eigenvalue weighted by Gasteiger charge is 2.54. The minimum atomic E-state index is -1.16. The standard InChI is InChI=1S/C24H25NO4/c26-22(27)24(12-16(13-24)15-6-5-7-15)25-23(28)29-14-21-19-10-3-1-8-17(19)18-9-2-4-11-20(18)21/h1-4,8-11,15-16,21H,5-7,12-14H2,(H,25,28)(H,26,27). The maximum Gasteiger partial charge on any atom is 0.408 e. The molecule has 0 spiro atoms. The van der Waals surface area contributed by atoms with Crippen LogP contribution >= 0.6 is 0 Å². The van der Waals surface area contributed by atoms with Crippen molar-refractivity contribution in [1.82, 2.24) is 5.32 Å². The number of benzene rings is 2. The van der Waals surface area contributed by atoms with Crippen molar-refractivity contribution in [2.24, 2.45) is 11.8 Å². The first-order chi connectivity index (χ1) is 14.1. The first kappa shape index (κ1) is 18.2. The minimum Gasteiger partial charge on any atom is -0.480 e. The molecule has 1 amide bonds. The average Bonchev–Trinajstić information content (AvgIpc) is 2.97. The molecular formula is C24H25NO4. The Morgan fingerprint density at radius 3 is 2.07 bits per heavy atom. The van der Waals surface area contributed by atoms with Crippen molar-refractivity contribution in [3.8, 4) is 11.1 Å². The quantitative estimate of drug-likeness (QED) is 0.784. The number of carbonyl (C=O) groups excluding carboxylic acids is 1. The van der Waals surface area contributed by atoms with E-state index in [0.29, 0.717) is 24.7 Å². The number of fused-ring (bicyclic) bond motifs is 3. The number of alkyl carbamates (subject to hydrolysis) is 1. The largest absolute Gasteiger partial charge is 0.480 e. The number of aliphatic carboxylic acids is 1. The molecule has 3 aliphatic carbocycles. The van der Waals surface area contributed by atoms with Crippen LogP contribution in [0.15, 0.2) is 48.5 Å². The van der Waals surface area contributed by atoms with Crippen LogP contribution in [0.4, 0.5) is 4.79 Å². The van der Waals surface area contributed by atoms with Gasteiger partial charge in [0.1, 0.15) is 12.1 Å². The number of hydrogen-bond donors (Lipinski definition) is 2. The van der Waals surface area contributed by atoms with E-state index in [0.717, 1.165) is 11.1 Å². The molecule has 2 aromatic rings. The molecule has 0 atom stereocenters. The molecule has 2 N–H and O–H groups in total. The fourth-order valence-electron chi connectivity index (χ4n) is 5.24. The SMILES string of the molecule is O=C(NC1(C(=O)O)CC(C2CCC2)C1)OCC1c2ccccc2-c2ccccc21. The van der Waals surface area contributed by atoms with Crippen molar-refractivity contribution in [3.05, 3.63) is 59.7 Å². The van der Waals surface area contributed by atoms with Gasteiger partial charge in [-0.2, -0.15) is 0 Å². The fraction of sp³-hybridized carbons (Fsp3) is 0.417. The summed E-state index contributed by atoms with van der Waals surface area (Å²) in [6, 6.07) is 16.3. The number of carboxylic acids is 1. The predicted octanol–water partition coefficient (Wildman–Crippen LogP) is 4.56. The van der Waals surface area contributed by atoms with Crippen LogP contribution in [0.3, 0.4) is 0 Å². The molecule has 5 heteroatoms. The molecule has 29 heavy (non-hydrogen) atoms. The zero-order valence-corrected chi connectivity index (χ0v) is 16.3. The van der Waals surface area contributed by atoms with Gasteiger partial charge in [0.05, 0.1) is 0 Å². The van der Waals surface area contributed by atoms with E-state index in [1.54, 1.807) is 0 Å². The van der Waals surface area contributed by atoms with Crippen molar-refractivity contribution in [2.75, 3.05) is 6.61 Å². The molecule has 0 bridgehead atoms. The number of hydrogen-bond acceptors (Lipinski definition) is 3. The van der Waals surface area contributed by atoms with Crippen LogP contribution in [-0.2, 0) is 9.53 Å². The Morgan fingerprint density at radius 1 is 0.966 bits per heavy atom. The second kappa shape index (κ2) is 6.90. The molecule has 2 saturated carbocycles. The van der Waals surface area contributed by atoms with Crippen LogP contribution in [0.2, 0.25) is 0 Å². The van der Waals surface area contributed by atoms with Crippen LogP contribution < -0.4 is 5.32 Å². The molecule has 2 fully saturated rings. The summed E-state index contributed by atoms with van der Waals surface area (Å²) in [4.78, 5) is 24.3. The number of carbonyl (C=O) groups is 2. The fourth-order valence-corrected chi connectivity index (χ4v) is 5.24. The summed E-state index contributed by atoms with van der Waals surface area (Å²) < 4.78 is 5.54. The molecule has 0 saturated heterocycles. The molecule has 0 unspecified atom stereocenters. The summed E-state index contributed by atoms with van der Waals surface area (Å²) in [5.41, 5.74) is 3.46. The number of nitrogens with one attached hydrogen (secondary N) is 1. The Kier molecular flexibility index (Phi) is 4.34. The van der Waals surface area contributed by atoms with Crippen LogP contribution in [0.1, 0.15) is 49.1 Å². The molecular weight excluding hydrogens is 366 g/mol. The zero-order valence-electron chi connectivity index (χ0n) is 16.3. The summed E-state index contributed by atoms with van der Waals surface area (Å²) in [7, 11) is 0. The second-order valence-electron chi connectivity index (χ2n) is 8.70. The topological polar surface area (TPSA) is 75.6 Å². The molecule has 0 heterocycles. The van der Waals surface area contributed by atoms with E-state index in [1.807, 2.05) is 24.3 Å².